The molecule has 3 rings (SSSR count). The molecule has 6 heteroatoms. The van der Waals surface area contributed by atoms with Gasteiger partial charge in [0.15, 0.2) is 0 Å². The predicted molar refractivity (Wildman–Crippen MR) is 81.1 cm³/mol. The lowest BCUT2D eigenvalue weighted by molar-refractivity contribution is 0.104. The zero-order valence-corrected chi connectivity index (χ0v) is 12.0. The summed E-state index contributed by atoms with van der Waals surface area (Å²) in [4.78, 5) is 24.6. The highest BCUT2D eigenvalue weighted by atomic mass is 32.1. The average molecular weight is 300 g/mol. The van der Waals surface area contributed by atoms with Crippen LogP contribution in [-0.2, 0) is 0 Å². The Balaban J connectivity index is 2.36. The first-order valence-electron chi connectivity index (χ1n) is 6.22. The Morgan fingerprint density at radius 1 is 1.29 bits per heavy atom. The first kappa shape index (κ1) is 13.4. The van der Waals surface area contributed by atoms with Crippen LogP contribution in [0.1, 0.15) is 20.8 Å². The van der Waals surface area contributed by atoms with Crippen molar-refractivity contribution in [3.63, 3.8) is 0 Å². The highest BCUT2D eigenvalue weighted by molar-refractivity contribution is 7.12. The summed E-state index contributed by atoms with van der Waals surface area (Å²) in [6, 6.07) is 7.82. The highest BCUT2D eigenvalue weighted by Gasteiger charge is 2.25. The molecule has 1 aromatic carbocycles. The minimum Gasteiger partial charge on any atom is -0.494 e. The molecular weight excluding hydrogens is 288 g/mol. The van der Waals surface area contributed by atoms with E-state index in [9.17, 15) is 14.7 Å². The second kappa shape index (κ2) is 4.75. The fourth-order valence-corrected chi connectivity index (χ4v) is 3.04. The maximum absolute atomic E-state index is 12.6. The monoisotopic (exact) mass is 300 g/mol. The Hall–Kier alpha value is -2.60. The zero-order valence-electron chi connectivity index (χ0n) is 11.2. The van der Waals surface area contributed by atoms with Gasteiger partial charge in [0.25, 0.3) is 0 Å². The van der Waals surface area contributed by atoms with E-state index < -0.39 is 11.9 Å². The van der Waals surface area contributed by atoms with Gasteiger partial charge in [-0.1, -0.05) is 17.7 Å². The lowest BCUT2D eigenvalue weighted by Crippen LogP contribution is -2.18. The van der Waals surface area contributed by atoms with E-state index in [-0.39, 0.29) is 11.3 Å². The average Bonchev–Trinajstić information content (AvgIpc) is 3.03. The number of fused-ring (bicyclic) bond motifs is 1. The number of rotatable bonds is 2. The first-order chi connectivity index (χ1) is 10.0. The normalized spacial score (nSPS) is 10.9. The van der Waals surface area contributed by atoms with Gasteiger partial charge in [0.2, 0.25) is 11.7 Å². The number of amides is 1. The third kappa shape index (κ3) is 2.00. The van der Waals surface area contributed by atoms with Crippen LogP contribution in [0.25, 0.3) is 10.9 Å². The molecule has 0 aliphatic rings. The molecule has 0 unspecified atom stereocenters. The molecule has 0 aliphatic heterocycles. The van der Waals surface area contributed by atoms with Crippen molar-refractivity contribution in [1.82, 2.24) is 4.57 Å². The number of aryl methyl sites for hydroxylation is 1. The largest absolute Gasteiger partial charge is 0.494 e. The Bertz CT molecular complexity index is 863. The number of hydrogen-bond donors (Lipinski definition) is 2. The van der Waals surface area contributed by atoms with Crippen LogP contribution in [0, 0.1) is 6.92 Å². The van der Waals surface area contributed by atoms with Crippen molar-refractivity contribution in [2.75, 3.05) is 0 Å². The molecule has 21 heavy (non-hydrogen) atoms. The molecule has 0 aliphatic carbocycles. The number of primary amides is 1. The second-order valence-corrected chi connectivity index (χ2v) is 5.65. The molecule has 3 N–H and O–H groups in total. The van der Waals surface area contributed by atoms with Gasteiger partial charge in [0, 0.05) is 5.39 Å². The number of ketones is 1. The summed E-state index contributed by atoms with van der Waals surface area (Å²) in [6.45, 7) is 1.87. The molecule has 0 saturated heterocycles. The Kier molecular flexibility index (Phi) is 3.03. The maximum atomic E-state index is 12.6. The van der Waals surface area contributed by atoms with Crippen LogP contribution in [0.5, 0.6) is 5.88 Å². The third-order valence-electron chi connectivity index (χ3n) is 3.29. The topological polar surface area (TPSA) is 85.3 Å². The van der Waals surface area contributed by atoms with Crippen LogP contribution in [0.4, 0.5) is 4.79 Å². The number of aromatic nitrogens is 1. The van der Waals surface area contributed by atoms with Gasteiger partial charge in [0.1, 0.15) is 0 Å². The van der Waals surface area contributed by atoms with E-state index in [1.165, 1.54) is 11.3 Å². The van der Waals surface area contributed by atoms with Crippen LogP contribution in [0.15, 0.2) is 35.7 Å². The van der Waals surface area contributed by atoms with Gasteiger partial charge in [-0.2, -0.15) is 0 Å². The summed E-state index contributed by atoms with van der Waals surface area (Å²) >= 11 is 1.28. The van der Waals surface area contributed by atoms with Crippen molar-refractivity contribution < 1.29 is 14.7 Å². The fraction of sp³-hybridized carbons (Fsp3) is 0.0667. The number of benzene rings is 1. The summed E-state index contributed by atoms with van der Waals surface area (Å²) < 4.78 is 0.954. The Morgan fingerprint density at radius 2 is 2.05 bits per heavy atom. The molecule has 0 bridgehead atoms. The summed E-state index contributed by atoms with van der Waals surface area (Å²) in [7, 11) is 0. The molecule has 1 amide bonds. The van der Waals surface area contributed by atoms with Crippen molar-refractivity contribution in [1.29, 1.82) is 0 Å². The summed E-state index contributed by atoms with van der Waals surface area (Å²) in [6.07, 6.45) is 0. The van der Waals surface area contributed by atoms with Crippen LogP contribution < -0.4 is 5.73 Å². The molecule has 0 atom stereocenters. The fourth-order valence-electron chi connectivity index (χ4n) is 2.37. The molecule has 2 heterocycles. The number of nitrogens with two attached hydrogens (primary N) is 1. The van der Waals surface area contributed by atoms with Gasteiger partial charge in [-0.15, -0.1) is 11.3 Å². The maximum Gasteiger partial charge on any atom is 0.326 e. The lowest BCUT2D eigenvalue weighted by atomic mass is 10.1. The smallest absolute Gasteiger partial charge is 0.326 e. The SMILES string of the molecule is Cc1ccc2c(c1)c(C(=O)c1cccs1)c(O)n2C(N)=O. The first-order valence-corrected chi connectivity index (χ1v) is 7.10. The Labute approximate surface area is 124 Å². The predicted octanol–water partition coefficient (Wildman–Crippen LogP) is 2.87. The van der Waals surface area contributed by atoms with E-state index in [1.54, 1.807) is 35.7 Å². The summed E-state index contributed by atoms with van der Waals surface area (Å²) in [5, 5.41) is 12.6. The number of aromatic hydroxyl groups is 1. The van der Waals surface area contributed by atoms with Crippen LogP contribution >= 0.6 is 11.3 Å². The minimum absolute atomic E-state index is 0.106. The number of carbonyl (C=O) groups excluding carboxylic acids is 2. The molecule has 2 aromatic heterocycles. The van der Waals surface area contributed by atoms with E-state index in [4.69, 9.17) is 5.73 Å². The van der Waals surface area contributed by atoms with Crippen LogP contribution in [0.2, 0.25) is 0 Å². The van der Waals surface area contributed by atoms with Crippen molar-refractivity contribution in [3.8, 4) is 5.88 Å². The molecule has 0 radical (unpaired) electrons. The van der Waals surface area contributed by atoms with Crippen molar-refractivity contribution in [2.24, 2.45) is 5.73 Å². The molecule has 5 nitrogen and oxygen atoms in total. The Morgan fingerprint density at radius 3 is 2.67 bits per heavy atom. The van der Waals surface area contributed by atoms with Crippen LogP contribution in [-0.4, -0.2) is 21.5 Å². The minimum atomic E-state index is -0.827. The van der Waals surface area contributed by atoms with E-state index in [0.29, 0.717) is 15.8 Å². The number of thiophene rings is 1. The third-order valence-corrected chi connectivity index (χ3v) is 4.16. The number of carbonyl (C=O) groups is 2. The molecule has 3 aromatic rings. The standard InChI is InChI=1S/C15H12N2O3S/c1-8-4-5-10-9(7-8)12(14(19)17(10)15(16)20)13(18)11-3-2-6-21-11/h2-7,19H,1H3,(H2,16,20). The highest BCUT2D eigenvalue weighted by Crippen LogP contribution is 2.34. The molecule has 0 spiro atoms. The molecular formula is C15H12N2O3S. The molecule has 0 fully saturated rings. The van der Waals surface area contributed by atoms with Gasteiger partial charge >= 0.3 is 6.03 Å². The number of hydrogen-bond acceptors (Lipinski definition) is 4. The summed E-state index contributed by atoms with van der Waals surface area (Å²) in [5.74, 6) is -0.736. The van der Waals surface area contributed by atoms with E-state index in [0.717, 1.165) is 10.1 Å². The van der Waals surface area contributed by atoms with Gasteiger partial charge in [-0.25, -0.2) is 9.36 Å². The van der Waals surface area contributed by atoms with Gasteiger partial charge < -0.3 is 10.8 Å². The number of nitrogens with zero attached hydrogens (tertiary/aromatic N) is 1. The molecule has 106 valence electrons. The van der Waals surface area contributed by atoms with E-state index >= 15 is 0 Å². The van der Waals surface area contributed by atoms with Gasteiger partial charge in [-0.3, -0.25) is 4.79 Å². The van der Waals surface area contributed by atoms with Crippen molar-refractivity contribution >= 4 is 34.1 Å². The lowest BCUT2D eigenvalue weighted by Gasteiger charge is -2.00. The zero-order chi connectivity index (χ0) is 15.1. The van der Waals surface area contributed by atoms with E-state index in [1.807, 2.05) is 6.92 Å². The van der Waals surface area contributed by atoms with Crippen molar-refractivity contribution in [3.05, 3.63) is 51.7 Å². The van der Waals surface area contributed by atoms with E-state index in [2.05, 4.69) is 0 Å². The van der Waals surface area contributed by atoms with Crippen LogP contribution in [0.3, 0.4) is 0 Å². The second-order valence-electron chi connectivity index (χ2n) is 4.70. The van der Waals surface area contributed by atoms with Gasteiger partial charge in [-0.05, 0) is 30.5 Å². The quantitative estimate of drug-likeness (QED) is 0.714. The summed E-state index contributed by atoms with van der Waals surface area (Å²) in [5.41, 5.74) is 6.76. The van der Waals surface area contributed by atoms with Crippen molar-refractivity contribution in [2.45, 2.75) is 6.92 Å². The van der Waals surface area contributed by atoms with Gasteiger partial charge in [0.05, 0.1) is 16.0 Å². The molecule has 0 saturated carbocycles.